The van der Waals surface area contributed by atoms with Crippen LogP contribution in [0.15, 0.2) is 4.99 Å². The van der Waals surface area contributed by atoms with Crippen molar-refractivity contribution in [3.8, 4) is 0 Å². The maximum absolute atomic E-state index is 12.1. The molecule has 1 aliphatic rings. The number of halogens is 1. The summed E-state index contributed by atoms with van der Waals surface area (Å²) in [4.78, 5) is 31.5. The second kappa shape index (κ2) is 13.8. The Hall–Kier alpha value is -1.46. The molecular formula is C20H40IN5O4. The lowest BCUT2D eigenvalue weighted by Crippen LogP contribution is -2.50. The van der Waals surface area contributed by atoms with E-state index in [1.54, 1.807) is 23.9 Å². The Bertz CT molecular complexity index is 560. The van der Waals surface area contributed by atoms with E-state index in [0.29, 0.717) is 32.8 Å². The standard InChI is InChI=1S/C20H39N5O4.HI/c1-8-28-19(27)25-11-9-16(10-12-25)23-17(21-6)22-13-15(2)14-24(7)18(26)29-20(3,4)5;/h15-16H,8-14H2,1-7H3,(H2,21,22,23);1H. The molecule has 1 unspecified atom stereocenters. The second-order valence-electron chi connectivity index (χ2n) is 8.52. The van der Waals surface area contributed by atoms with Crippen molar-refractivity contribution in [3.05, 3.63) is 0 Å². The number of rotatable bonds is 6. The molecule has 2 N–H and O–H groups in total. The molecule has 176 valence electrons. The lowest BCUT2D eigenvalue weighted by Gasteiger charge is -2.32. The van der Waals surface area contributed by atoms with Crippen molar-refractivity contribution in [1.29, 1.82) is 0 Å². The Kier molecular flexibility index (Phi) is 13.1. The summed E-state index contributed by atoms with van der Waals surface area (Å²) in [6.07, 6.45) is 1.13. The van der Waals surface area contributed by atoms with E-state index in [1.807, 2.05) is 27.7 Å². The normalized spacial score (nSPS) is 16.2. The number of carbonyl (C=O) groups is 2. The zero-order valence-electron chi connectivity index (χ0n) is 19.5. The molecule has 1 heterocycles. The molecule has 1 aliphatic heterocycles. The fourth-order valence-electron chi connectivity index (χ4n) is 3.03. The Morgan fingerprint density at radius 3 is 2.37 bits per heavy atom. The quantitative estimate of drug-likeness (QED) is 0.305. The van der Waals surface area contributed by atoms with Crippen LogP contribution in [0, 0.1) is 5.92 Å². The van der Waals surface area contributed by atoms with Gasteiger partial charge in [0.05, 0.1) is 6.61 Å². The number of hydrogen-bond donors (Lipinski definition) is 2. The number of hydrogen-bond acceptors (Lipinski definition) is 5. The van der Waals surface area contributed by atoms with Gasteiger partial charge in [-0.1, -0.05) is 6.92 Å². The van der Waals surface area contributed by atoms with E-state index in [0.717, 1.165) is 18.8 Å². The average molecular weight is 541 g/mol. The smallest absolute Gasteiger partial charge is 0.410 e. The van der Waals surface area contributed by atoms with Gasteiger partial charge in [-0.2, -0.15) is 0 Å². The van der Waals surface area contributed by atoms with Gasteiger partial charge in [-0.05, 0) is 46.5 Å². The van der Waals surface area contributed by atoms with E-state index in [9.17, 15) is 9.59 Å². The molecule has 10 heteroatoms. The fraction of sp³-hybridized carbons (Fsp3) is 0.850. The molecule has 0 aromatic carbocycles. The van der Waals surface area contributed by atoms with E-state index in [1.165, 1.54) is 0 Å². The van der Waals surface area contributed by atoms with Crippen molar-refractivity contribution < 1.29 is 19.1 Å². The second-order valence-corrected chi connectivity index (χ2v) is 8.52. The van der Waals surface area contributed by atoms with E-state index < -0.39 is 5.60 Å². The van der Waals surface area contributed by atoms with Crippen LogP contribution in [0.5, 0.6) is 0 Å². The highest BCUT2D eigenvalue weighted by Crippen LogP contribution is 2.12. The SMILES string of the molecule is CCOC(=O)N1CCC(NC(=NC)NCC(C)CN(C)C(=O)OC(C)(C)C)CC1.I. The van der Waals surface area contributed by atoms with Crippen LogP contribution < -0.4 is 10.6 Å². The molecule has 0 aliphatic carbocycles. The van der Waals surface area contributed by atoms with Crippen LogP contribution in [0.25, 0.3) is 0 Å². The summed E-state index contributed by atoms with van der Waals surface area (Å²) in [6, 6.07) is 0.256. The van der Waals surface area contributed by atoms with Crippen LogP contribution in [0.3, 0.4) is 0 Å². The maximum atomic E-state index is 12.1. The van der Waals surface area contributed by atoms with Gasteiger partial charge >= 0.3 is 12.2 Å². The first-order chi connectivity index (χ1) is 13.6. The largest absolute Gasteiger partial charge is 0.450 e. The summed E-state index contributed by atoms with van der Waals surface area (Å²) in [5.41, 5.74) is -0.498. The molecule has 0 radical (unpaired) electrons. The van der Waals surface area contributed by atoms with Gasteiger partial charge in [0.15, 0.2) is 5.96 Å². The minimum absolute atomic E-state index is 0. The van der Waals surface area contributed by atoms with Crippen molar-refractivity contribution in [2.24, 2.45) is 10.9 Å². The van der Waals surface area contributed by atoms with Gasteiger partial charge in [0.25, 0.3) is 0 Å². The average Bonchev–Trinajstić information content (AvgIpc) is 2.64. The van der Waals surface area contributed by atoms with Gasteiger partial charge < -0.3 is 29.9 Å². The maximum Gasteiger partial charge on any atom is 0.410 e. The van der Waals surface area contributed by atoms with Gasteiger partial charge in [-0.3, -0.25) is 4.99 Å². The summed E-state index contributed by atoms with van der Waals surface area (Å²) in [5, 5.41) is 6.73. The molecular weight excluding hydrogens is 501 g/mol. The van der Waals surface area contributed by atoms with Gasteiger partial charge in [-0.15, -0.1) is 24.0 Å². The zero-order valence-corrected chi connectivity index (χ0v) is 21.8. The molecule has 0 bridgehead atoms. The minimum Gasteiger partial charge on any atom is -0.450 e. The van der Waals surface area contributed by atoms with E-state index >= 15 is 0 Å². The van der Waals surface area contributed by atoms with Crippen LogP contribution in [-0.4, -0.2) is 86.5 Å². The molecule has 9 nitrogen and oxygen atoms in total. The van der Waals surface area contributed by atoms with Crippen LogP contribution in [0.4, 0.5) is 9.59 Å². The first kappa shape index (κ1) is 28.5. The van der Waals surface area contributed by atoms with Crippen molar-refractivity contribution in [2.75, 3.05) is 46.9 Å². The van der Waals surface area contributed by atoms with E-state index in [4.69, 9.17) is 9.47 Å². The third-order valence-corrected chi connectivity index (χ3v) is 4.49. The summed E-state index contributed by atoms with van der Waals surface area (Å²) in [7, 11) is 3.48. The third-order valence-electron chi connectivity index (χ3n) is 4.49. The molecule has 2 amide bonds. The highest BCUT2D eigenvalue weighted by atomic mass is 127. The highest BCUT2D eigenvalue weighted by Gasteiger charge is 2.24. The molecule has 0 spiro atoms. The van der Waals surface area contributed by atoms with Crippen molar-refractivity contribution in [2.45, 2.75) is 59.1 Å². The number of aliphatic imine (C=N–C) groups is 1. The van der Waals surface area contributed by atoms with Crippen molar-refractivity contribution in [1.82, 2.24) is 20.4 Å². The number of nitrogens with zero attached hydrogens (tertiary/aromatic N) is 3. The van der Waals surface area contributed by atoms with Gasteiger partial charge in [0.2, 0.25) is 0 Å². The Morgan fingerprint density at radius 1 is 1.27 bits per heavy atom. The molecule has 1 saturated heterocycles. The molecule has 30 heavy (non-hydrogen) atoms. The number of piperidine rings is 1. The Morgan fingerprint density at radius 2 is 1.87 bits per heavy atom. The molecule has 1 atom stereocenters. The number of nitrogens with one attached hydrogen (secondary N) is 2. The Labute approximate surface area is 198 Å². The number of ether oxygens (including phenoxy) is 2. The topological polar surface area (TPSA) is 95.5 Å². The number of amides is 2. The first-order valence-corrected chi connectivity index (χ1v) is 10.4. The lowest BCUT2D eigenvalue weighted by molar-refractivity contribution is 0.0278. The summed E-state index contributed by atoms with van der Waals surface area (Å²) in [6.45, 7) is 12.5. The first-order valence-electron chi connectivity index (χ1n) is 10.4. The lowest BCUT2D eigenvalue weighted by atomic mass is 10.1. The predicted molar refractivity (Wildman–Crippen MR) is 130 cm³/mol. The number of carbonyl (C=O) groups excluding carboxylic acids is 2. The van der Waals surface area contributed by atoms with Crippen LogP contribution in [0.2, 0.25) is 0 Å². The van der Waals surface area contributed by atoms with Crippen molar-refractivity contribution >= 4 is 42.1 Å². The summed E-state index contributed by atoms with van der Waals surface area (Å²) < 4.78 is 10.4. The molecule has 0 aromatic rings. The van der Waals surface area contributed by atoms with Crippen LogP contribution >= 0.6 is 24.0 Å². The number of likely N-dealkylation sites (tertiary alicyclic amines) is 1. The van der Waals surface area contributed by atoms with E-state index in [-0.39, 0.29) is 48.1 Å². The van der Waals surface area contributed by atoms with Gasteiger partial charge in [-0.25, -0.2) is 9.59 Å². The fourth-order valence-corrected chi connectivity index (χ4v) is 3.03. The summed E-state index contributed by atoms with van der Waals surface area (Å²) in [5.74, 6) is 0.947. The predicted octanol–water partition coefficient (Wildman–Crippen LogP) is 2.89. The van der Waals surface area contributed by atoms with E-state index in [2.05, 4.69) is 22.5 Å². The molecule has 1 fully saturated rings. The Balaban J connectivity index is 0.00000841. The van der Waals surface area contributed by atoms with Gasteiger partial charge in [0.1, 0.15) is 5.60 Å². The monoisotopic (exact) mass is 541 g/mol. The van der Waals surface area contributed by atoms with Crippen LogP contribution in [0.1, 0.15) is 47.5 Å². The molecule has 0 aromatic heterocycles. The molecule has 0 saturated carbocycles. The highest BCUT2D eigenvalue weighted by molar-refractivity contribution is 14.0. The zero-order chi connectivity index (χ0) is 22.0. The van der Waals surface area contributed by atoms with Gasteiger partial charge in [0, 0.05) is 46.3 Å². The molecule has 1 rings (SSSR count). The van der Waals surface area contributed by atoms with Crippen molar-refractivity contribution in [3.63, 3.8) is 0 Å². The summed E-state index contributed by atoms with van der Waals surface area (Å²) >= 11 is 0. The minimum atomic E-state index is -0.498. The third kappa shape index (κ3) is 11.1. The number of guanidine groups is 1. The van der Waals surface area contributed by atoms with Crippen LogP contribution in [-0.2, 0) is 9.47 Å².